The van der Waals surface area contributed by atoms with Gasteiger partial charge in [-0.1, -0.05) is 18.2 Å². The van der Waals surface area contributed by atoms with Crippen molar-refractivity contribution in [3.63, 3.8) is 0 Å². The lowest BCUT2D eigenvalue weighted by Gasteiger charge is -2.36. The highest BCUT2D eigenvalue weighted by Gasteiger charge is 2.35. The lowest BCUT2D eigenvalue weighted by Crippen LogP contribution is -2.44. The van der Waals surface area contributed by atoms with Gasteiger partial charge in [-0.25, -0.2) is 13.1 Å². The summed E-state index contributed by atoms with van der Waals surface area (Å²) in [5.74, 6) is -0.201. The first kappa shape index (κ1) is 20.9. The first-order chi connectivity index (χ1) is 13.4. The zero-order valence-corrected chi connectivity index (χ0v) is 17.3. The second-order valence-corrected chi connectivity index (χ2v) is 10.0. The topological polar surface area (TPSA) is 84.5 Å². The quantitative estimate of drug-likeness (QED) is 0.718. The van der Waals surface area contributed by atoms with Crippen molar-refractivity contribution in [2.45, 2.75) is 34.3 Å². The van der Waals surface area contributed by atoms with E-state index in [0.717, 1.165) is 17.7 Å². The minimum atomic E-state index is -3.65. The van der Waals surface area contributed by atoms with Gasteiger partial charge in [0, 0.05) is 42.0 Å². The van der Waals surface area contributed by atoms with E-state index < -0.39 is 10.0 Å². The first-order valence-electron chi connectivity index (χ1n) is 9.08. The van der Waals surface area contributed by atoms with Gasteiger partial charge in [-0.3, -0.25) is 4.79 Å². The van der Waals surface area contributed by atoms with Crippen LogP contribution in [0.15, 0.2) is 64.4 Å². The Hall–Kier alpha value is -1.87. The van der Waals surface area contributed by atoms with Crippen LogP contribution < -0.4 is 10.0 Å². The van der Waals surface area contributed by atoms with E-state index in [1.165, 1.54) is 19.1 Å². The molecule has 0 bridgehead atoms. The molecule has 2 aromatic carbocycles. The number of carbonyl (C=O) groups excluding carboxylic acids is 1. The predicted molar refractivity (Wildman–Crippen MR) is 111 cm³/mol. The molecule has 2 aromatic rings. The third-order valence-electron chi connectivity index (χ3n) is 4.55. The third-order valence-corrected chi connectivity index (χ3v) is 7.46. The van der Waals surface area contributed by atoms with Gasteiger partial charge in [0.05, 0.1) is 4.90 Å². The fourth-order valence-electron chi connectivity index (χ4n) is 3.03. The molecular weight excluding hydrogens is 396 g/mol. The van der Waals surface area contributed by atoms with E-state index in [1.807, 2.05) is 30.3 Å². The zero-order chi connectivity index (χ0) is 20.0. The Morgan fingerprint density at radius 1 is 1.07 bits per heavy atom. The number of benzene rings is 2. The van der Waals surface area contributed by atoms with Gasteiger partial charge in [-0.2, -0.15) is 0 Å². The van der Waals surface area contributed by atoms with Crippen LogP contribution in [0, 0.1) is 0 Å². The molecule has 0 aliphatic carbocycles. The van der Waals surface area contributed by atoms with Crippen molar-refractivity contribution in [2.75, 3.05) is 25.1 Å². The molecule has 0 radical (unpaired) electrons. The van der Waals surface area contributed by atoms with Crippen LogP contribution in [0.4, 0.5) is 5.69 Å². The minimum Gasteiger partial charge on any atom is -0.381 e. The number of hydrogen-bond donors (Lipinski definition) is 2. The molecule has 1 amide bonds. The number of rotatable bonds is 7. The summed E-state index contributed by atoms with van der Waals surface area (Å²) in [6.07, 6.45) is 1.55. The summed E-state index contributed by atoms with van der Waals surface area (Å²) in [5, 5.41) is 2.63. The average Bonchev–Trinajstić information content (AvgIpc) is 2.68. The molecule has 150 valence electrons. The molecule has 0 spiro atoms. The molecule has 0 saturated carbocycles. The normalized spacial score (nSPS) is 16.5. The zero-order valence-electron chi connectivity index (χ0n) is 15.7. The Balaban J connectivity index is 1.72. The molecule has 1 saturated heterocycles. The molecule has 0 unspecified atom stereocenters. The summed E-state index contributed by atoms with van der Waals surface area (Å²) in [5.41, 5.74) is 0.562. The highest BCUT2D eigenvalue weighted by atomic mass is 32.2. The largest absolute Gasteiger partial charge is 0.381 e. The van der Waals surface area contributed by atoms with Crippen molar-refractivity contribution in [2.24, 2.45) is 0 Å². The monoisotopic (exact) mass is 420 g/mol. The van der Waals surface area contributed by atoms with Gasteiger partial charge in [0.2, 0.25) is 15.9 Å². The number of thioether (sulfide) groups is 1. The maximum atomic E-state index is 12.8. The second kappa shape index (κ2) is 9.09. The smallest absolute Gasteiger partial charge is 0.240 e. The third kappa shape index (κ3) is 5.57. The summed E-state index contributed by atoms with van der Waals surface area (Å²) < 4.78 is 33.6. The van der Waals surface area contributed by atoms with Gasteiger partial charge in [0.15, 0.2) is 0 Å². The molecule has 8 heteroatoms. The van der Waals surface area contributed by atoms with Crippen molar-refractivity contribution < 1.29 is 17.9 Å². The fourth-order valence-corrected chi connectivity index (χ4v) is 5.55. The van der Waals surface area contributed by atoms with Crippen LogP contribution in [0.3, 0.4) is 0 Å². The minimum absolute atomic E-state index is 0.175. The van der Waals surface area contributed by atoms with Crippen molar-refractivity contribution in [3.05, 3.63) is 54.6 Å². The Morgan fingerprint density at radius 3 is 2.32 bits per heavy atom. The van der Waals surface area contributed by atoms with E-state index in [4.69, 9.17) is 4.74 Å². The van der Waals surface area contributed by atoms with E-state index in [2.05, 4.69) is 10.0 Å². The van der Waals surface area contributed by atoms with E-state index >= 15 is 0 Å². The first-order valence-corrected chi connectivity index (χ1v) is 11.4. The Kier molecular flexibility index (Phi) is 6.77. The standard InChI is InChI=1S/C20H24N2O4S2/c1-16(23)22-17-7-9-19(10-8-17)28(24,25)21-15-20(11-13-26-14-12-20)27-18-5-3-2-4-6-18/h2-10,21H,11-15H2,1H3,(H,22,23). The molecule has 6 nitrogen and oxygen atoms in total. The lowest BCUT2D eigenvalue weighted by molar-refractivity contribution is -0.114. The molecular formula is C20H24N2O4S2. The van der Waals surface area contributed by atoms with Crippen LogP contribution >= 0.6 is 11.8 Å². The van der Waals surface area contributed by atoms with Gasteiger partial charge < -0.3 is 10.1 Å². The number of hydrogen-bond acceptors (Lipinski definition) is 5. The molecule has 1 aliphatic heterocycles. The van der Waals surface area contributed by atoms with Crippen LogP contribution in [0.25, 0.3) is 0 Å². The van der Waals surface area contributed by atoms with Crippen LogP contribution in [-0.2, 0) is 19.6 Å². The summed E-state index contributed by atoms with van der Waals surface area (Å²) in [6, 6.07) is 16.2. The van der Waals surface area contributed by atoms with Gasteiger partial charge in [0.25, 0.3) is 0 Å². The number of amides is 1. The highest BCUT2D eigenvalue weighted by Crippen LogP contribution is 2.40. The fraction of sp³-hybridized carbons (Fsp3) is 0.350. The molecule has 1 heterocycles. The SMILES string of the molecule is CC(=O)Nc1ccc(S(=O)(=O)NCC2(Sc3ccccc3)CCOCC2)cc1. The molecule has 28 heavy (non-hydrogen) atoms. The van der Waals surface area contributed by atoms with Crippen LogP contribution in [0.2, 0.25) is 0 Å². The van der Waals surface area contributed by atoms with Crippen LogP contribution in [0.1, 0.15) is 19.8 Å². The summed E-state index contributed by atoms with van der Waals surface area (Å²) in [4.78, 5) is 12.4. The summed E-state index contributed by atoms with van der Waals surface area (Å²) in [7, 11) is -3.65. The number of carbonyl (C=O) groups is 1. The number of anilines is 1. The maximum Gasteiger partial charge on any atom is 0.240 e. The van der Waals surface area contributed by atoms with Gasteiger partial charge >= 0.3 is 0 Å². The molecule has 3 rings (SSSR count). The maximum absolute atomic E-state index is 12.8. The summed E-state index contributed by atoms with van der Waals surface area (Å²) in [6.45, 7) is 2.97. The van der Waals surface area contributed by atoms with Gasteiger partial charge in [0.1, 0.15) is 0 Å². The van der Waals surface area contributed by atoms with E-state index in [1.54, 1.807) is 23.9 Å². The summed E-state index contributed by atoms with van der Waals surface area (Å²) >= 11 is 1.70. The molecule has 1 aliphatic rings. The molecule has 0 atom stereocenters. The Labute approximate surface area is 170 Å². The van der Waals surface area contributed by atoms with Crippen molar-refractivity contribution in [1.82, 2.24) is 4.72 Å². The van der Waals surface area contributed by atoms with Crippen molar-refractivity contribution in [3.8, 4) is 0 Å². The number of nitrogens with one attached hydrogen (secondary N) is 2. The van der Waals surface area contributed by atoms with E-state index in [0.29, 0.717) is 25.4 Å². The average molecular weight is 421 g/mol. The van der Waals surface area contributed by atoms with Gasteiger partial charge in [-0.05, 0) is 49.2 Å². The predicted octanol–water partition coefficient (Wildman–Crippen LogP) is 3.26. The molecule has 1 fully saturated rings. The molecule has 0 aromatic heterocycles. The van der Waals surface area contributed by atoms with Gasteiger partial charge in [-0.15, -0.1) is 11.8 Å². The second-order valence-electron chi connectivity index (χ2n) is 6.74. The van der Waals surface area contributed by atoms with Crippen LogP contribution in [0.5, 0.6) is 0 Å². The Bertz CT molecular complexity index is 894. The van der Waals surface area contributed by atoms with Crippen molar-refractivity contribution in [1.29, 1.82) is 0 Å². The highest BCUT2D eigenvalue weighted by molar-refractivity contribution is 8.00. The molecule has 2 N–H and O–H groups in total. The number of sulfonamides is 1. The lowest BCUT2D eigenvalue weighted by atomic mass is 9.99. The van der Waals surface area contributed by atoms with Crippen molar-refractivity contribution >= 4 is 33.4 Å². The number of ether oxygens (including phenoxy) is 1. The van der Waals surface area contributed by atoms with E-state index in [-0.39, 0.29) is 15.5 Å². The Morgan fingerprint density at radius 2 is 1.71 bits per heavy atom. The van der Waals surface area contributed by atoms with E-state index in [9.17, 15) is 13.2 Å². The van der Waals surface area contributed by atoms with Crippen LogP contribution in [-0.4, -0.2) is 38.8 Å².